The van der Waals surface area contributed by atoms with Crippen LogP contribution in [0.15, 0.2) is 39.8 Å². The van der Waals surface area contributed by atoms with Crippen molar-refractivity contribution < 1.29 is 4.52 Å². The van der Waals surface area contributed by atoms with Gasteiger partial charge in [-0.05, 0) is 19.4 Å². The summed E-state index contributed by atoms with van der Waals surface area (Å²) in [5.41, 5.74) is 3.32. The van der Waals surface area contributed by atoms with Crippen LogP contribution in [0.3, 0.4) is 0 Å². The largest absolute Gasteiger partial charge is 0.361 e. The van der Waals surface area contributed by atoms with Gasteiger partial charge in [0, 0.05) is 11.3 Å². The van der Waals surface area contributed by atoms with Crippen LogP contribution in [0.25, 0.3) is 0 Å². The molecule has 20 heavy (non-hydrogen) atoms. The number of aromatic nitrogens is 1. The van der Waals surface area contributed by atoms with Gasteiger partial charge < -0.3 is 9.84 Å². The lowest BCUT2D eigenvalue weighted by Gasteiger charge is -2.09. The zero-order valence-corrected chi connectivity index (χ0v) is 12.4. The Morgan fingerprint density at radius 1 is 1.35 bits per heavy atom. The van der Waals surface area contributed by atoms with Crippen molar-refractivity contribution in [3.63, 3.8) is 0 Å². The van der Waals surface area contributed by atoms with E-state index in [1.54, 1.807) is 11.8 Å². The summed E-state index contributed by atoms with van der Waals surface area (Å²) in [4.78, 5) is 4.63. The zero-order chi connectivity index (χ0) is 13.9. The minimum atomic E-state index is 0.351. The number of thioether (sulfide) groups is 1. The predicted molar refractivity (Wildman–Crippen MR) is 81.9 cm³/mol. The molecule has 1 aromatic carbocycles. The molecule has 1 aliphatic heterocycles. The topological polar surface area (TPSA) is 50.4 Å². The maximum absolute atomic E-state index is 5.15. The summed E-state index contributed by atoms with van der Waals surface area (Å²) >= 11 is 1.77. The van der Waals surface area contributed by atoms with Crippen molar-refractivity contribution in [1.82, 2.24) is 10.5 Å². The number of nitrogens with zero attached hydrogens (tertiary/aromatic N) is 2. The van der Waals surface area contributed by atoms with E-state index in [0.717, 1.165) is 27.9 Å². The molecule has 1 aromatic heterocycles. The Kier molecular flexibility index (Phi) is 3.78. The fraction of sp³-hybridized carbons (Fsp3) is 0.333. The molecule has 1 atom stereocenters. The lowest BCUT2D eigenvalue weighted by molar-refractivity contribution is 0.392. The smallest absolute Gasteiger partial charge is 0.157 e. The normalized spacial score (nSPS) is 20.3. The quantitative estimate of drug-likeness (QED) is 0.941. The van der Waals surface area contributed by atoms with Gasteiger partial charge in [-0.3, -0.25) is 4.99 Å². The minimum absolute atomic E-state index is 0.351. The van der Waals surface area contributed by atoms with Crippen molar-refractivity contribution in [3.8, 4) is 0 Å². The molecule has 2 heterocycles. The summed E-state index contributed by atoms with van der Waals surface area (Å²) < 4.78 is 5.15. The third-order valence-electron chi connectivity index (χ3n) is 3.45. The van der Waals surface area contributed by atoms with Crippen LogP contribution in [-0.4, -0.2) is 16.1 Å². The molecule has 104 valence electrons. The van der Waals surface area contributed by atoms with Crippen LogP contribution in [0.1, 0.15) is 28.6 Å². The third-order valence-corrected chi connectivity index (χ3v) is 4.47. The Balaban J connectivity index is 1.67. The van der Waals surface area contributed by atoms with E-state index in [1.807, 2.05) is 19.9 Å². The Bertz CT molecular complexity index is 602. The van der Waals surface area contributed by atoms with Gasteiger partial charge in [-0.15, -0.1) is 0 Å². The Morgan fingerprint density at radius 3 is 2.85 bits per heavy atom. The highest BCUT2D eigenvalue weighted by Crippen LogP contribution is 2.26. The van der Waals surface area contributed by atoms with Crippen molar-refractivity contribution >= 4 is 16.9 Å². The van der Waals surface area contributed by atoms with Crippen LogP contribution in [0, 0.1) is 13.8 Å². The molecule has 1 fully saturated rings. The summed E-state index contributed by atoms with van der Waals surface area (Å²) in [5, 5.41) is 8.42. The molecule has 0 saturated carbocycles. The van der Waals surface area contributed by atoms with Gasteiger partial charge in [0.1, 0.15) is 5.76 Å². The number of aryl methyl sites for hydroxylation is 2. The number of benzene rings is 1. The van der Waals surface area contributed by atoms with Crippen LogP contribution in [0.4, 0.5) is 0 Å². The highest BCUT2D eigenvalue weighted by atomic mass is 32.2. The lowest BCUT2D eigenvalue weighted by atomic mass is 10.1. The number of hydrogen-bond donors (Lipinski definition) is 1. The van der Waals surface area contributed by atoms with Gasteiger partial charge in [0.25, 0.3) is 0 Å². The van der Waals surface area contributed by atoms with Gasteiger partial charge in [-0.1, -0.05) is 47.3 Å². The summed E-state index contributed by atoms with van der Waals surface area (Å²) in [6.07, 6.45) is 0. The van der Waals surface area contributed by atoms with Crippen LogP contribution in [0.2, 0.25) is 0 Å². The fourth-order valence-electron chi connectivity index (χ4n) is 2.23. The minimum Gasteiger partial charge on any atom is -0.361 e. The molecule has 4 nitrogen and oxygen atoms in total. The molecule has 0 amide bonds. The second-order valence-electron chi connectivity index (χ2n) is 4.84. The molecule has 0 aliphatic carbocycles. The van der Waals surface area contributed by atoms with E-state index in [0.29, 0.717) is 12.6 Å². The number of nitrogens with one attached hydrogen (secondary N) is 1. The first-order valence-electron chi connectivity index (χ1n) is 6.64. The second kappa shape index (κ2) is 5.71. The average molecular weight is 287 g/mol. The fourth-order valence-corrected chi connectivity index (χ4v) is 3.21. The predicted octanol–water partition coefficient (Wildman–Crippen LogP) is 3.23. The van der Waals surface area contributed by atoms with Crippen molar-refractivity contribution in [2.24, 2.45) is 4.99 Å². The summed E-state index contributed by atoms with van der Waals surface area (Å²) in [5.74, 6) is 1.87. The van der Waals surface area contributed by atoms with E-state index in [9.17, 15) is 0 Å². The van der Waals surface area contributed by atoms with Crippen molar-refractivity contribution in [3.05, 3.63) is 52.9 Å². The number of hydrogen-bond acceptors (Lipinski definition) is 4. The molecule has 0 spiro atoms. The van der Waals surface area contributed by atoms with Crippen molar-refractivity contribution in [2.45, 2.75) is 26.4 Å². The summed E-state index contributed by atoms with van der Waals surface area (Å²) in [7, 11) is 0. The molecule has 0 radical (unpaired) electrons. The first-order chi connectivity index (χ1) is 9.74. The van der Waals surface area contributed by atoms with Crippen LogP contribution in [-0.2, 0) is 6.54 Å². The molecule has 1 saturated heterocycles. The first-order valence-corrected chi connectivity index (χ1v) is 7.63. The van der Waals surface area contributed by atoms with E-state index >= 15 is 0 Å². The number of amidine groups is 1. The van der Waals surface area contributed by atoms with Crippen molar-refractivity contribution in [1.29, 1.82) is 0 Å². The van der Waals surface area contributed by atoms with Gasteiger partial charge in [0.2, 0.25) is 0 Å². The maximum Gasteiger partial charge on any atom is 0.157 e. The van der Waals surface area contributed by atoms with E-state index in [2.05, 4.69) is 39.7 Å². The molecule has 5 heteroatoms. The van der Waals surface area contributed by atoms with Gasteiger partial charge in [0.05, 0.1) is 18.3 Å². The van der Waals surface area contributed by atoms with E-state index in [1.165, 1.54) is 5.56 Å². The van der Waals surface area contributed by atoms with Gasteiger partial charge in [0.15, 0.2) is 5.17 Å². The third kappa shape index (κ3) is 2.72. The SMILES string of the molecule is Cc1noc(C)c1CN=C1NC(c2ccccc2)CS1. The molecule has 2 aromatic rings. The molecule has 1 aliphatic rings. The Hall–Kier alpha value is -1.75. The molecule has 0 bridgehead atoms. The molecule has 1 unspecified atom stereocenters. The highest BCUT2D eigenvalue weighted by Gasteiger charge is 2.21. The first kappa shape index (κ1) is 13.2. The standard InChI is InChI=1S/C15H17N3OS/c1-10-13(11(2)19-18-10)8-16-15-17-14(9-20-15)12-6-4-3-5-7-12/h3-7,14H,8-9H2,1-2H3,(H,16,17). The summed E-state index contributed by atoms with van der Waals surface area (Å²) in [6.45, 7) is 4.50. The van der Waals surface area contributed by atoms with E-state index < -0.39 is 0 Å². The monoisotopic (exact) mass is 287 g/mol. The van der Waals surface area contributed by atoms with Crippen LogP contribution >= 0.6 is 11.8 Å². The van der Waals surface area contributed by atoms with Gasteiger partial charge in [-0.2, -0.15) is 0 Å². The zero-order valence-electron chi connectivity index (χ0n) is 11.6. The van der Waals surface area contributed by atoms with Crippen molar-refractivity contribution in [2.75, 3.05) is 5.75 Å². The molecular weight excluding hydrogens is 270 g/mol. The van der Waals surface area contributed by atoms with Crippen LogP contribution in [0.5, 0.6) is 0 Å². The van der Waals surface area contributed by atoms with E-state index in [-0.39, 0.29) is 0 Å². The van der Waals surface area contributed by atoms with Crippen LogP contribution < -0.4 is 5.32 Å². The number of rotatable bonds is 3. The lowest BCUT2D eigenvalue weighted by Crippen LogP contribution is -2.19. The summed E-state index contributed by atoms with van der Waals surface area (Å²) in [6, 6.07) is 10.8. The van der Waals surface area contributed by atoms with Gasteiger partial charge >= 0.3 is 0 Å². The molecule has 3 rings (SSSR count). The Labute approximate surface area is 122 Å². The molecule has 1 N–H and O–H groups in total. The molecular formula is C15H17N3OS. The second-order valence-corrected chi connectivity index (χ2v) is 5.85. The highest BCUT2D eigenvalue weighted by molar-refractivity contribution is 8.14. The Morgan fingerprint density at radius 2 is 2.15 bits per heavy atom. The average Bonchev–Trinajstić information content (AvgIpc) is 3.06. The van der Waals surface area contributed by atoms with E-state index in [4.69, 9.17) is 4.52 Å². The van der Waals surface area contributed by atoms with Gasteiger partial charge in [-0.25, -0.2) is 0 Å². The maximum atomic E-state index is 5.15. The number of aliphatic imine (C=N–C) groups is 1.